The van der Waals surface area contributed by atoms with Crippen LogP contribution in [0.25, 0.3) is 0 Å². The van der Waals surface area contributed by atoms with Crippen LogP contribution in [0.1, 0.15) is 6.42 Å². The number of rotatable bonds is 7. The Balaban J connectivity index is 1.72. The maximum absolute atomic E-state index is 5.64. The molecule has 2 rings (SSSR count). The summed E-state index contributed by atoms with van der Waals surface area (Å²) in [6.07, 6.45) is 0.793. The Morgan fingerprint density at radius 3 is 2.24 bits per heavy atom. The van der Waals surface area contributed by atoms with E-state index in [1.165, 1.54) is 0 Å². The number of aliphatic imine (C=N–C) groups is 1. The fourth-order valence-electron chi connectivity index (χ4n) is 1.75. The summed E-state index contributed by atoms with van der Waals surface area (Å²) in [7, 11) is 0. The van der Waals surface area contributed by atoms with E-state index in [2.05, 4.69) is 4.99 Å². The van der Waals surface area contributed by atoms with E-state index in [0.29, 0.717) is 18.9 Å². The molecule has 0 amide bonds. The molecule has 0 spiro atoms. The number of benzene rings is 2. The van der Waals surface area contributed by atoms with Crippen molar-refractivity contribution in [2.24, 2.45) is 16.5 Å². The predicted molar refractivity (Wildman–Crippen MR) is 84.0 cm³/mol. The molecule has 110 valence electrons. The second-order valence-corrected chi connectivity index (χ2v) is 4.40. The van der Waals surface area contributed by atoms with Gasteiger partial charge in [0, 0.05) is 12.5 Å². The second kappa shape index (κ2) is 7.79. The highest BCUT2D eigenvalue weighted by Gasteiger charge is 1.97. The van der Waals surface area contributed by atoms with Gasteiger partial charge in [-0.1, -0.05) is 24.3 Å². The van der Waals surface area contributed by atoms with Crippen molar-refractivity contribution >= 4 is 11.6 Å². The molecular formula is C16H19N3O2. The SMILES string of the molecule is NC(N)=Nc1cccc(OCCCOc2ccccc2)c1. The van der Waals surface area contributed by atoms with Crippen LogP contribution in [0.4, 0.5) is 5.69 Å². The summed E-state index contributed by atoms with van der Waals surface area (Å²) >= 11 is 0. The zero-order valence-electron chi connectivity index (χ0n) is 11.7. The Bertz CT molecular complexity index is 581. The summed E-state index contributed by atoms with van der Waals surface area (Å²) in [4.78, 5) is 3.97. The van der Waals surface area contributed by atoms with E-state index in [9.17, 15) is 0 Å². The number of nitrogens with zero attached hydrogens (tertiary/aromatic N) is 1. The largest absolute Gasteiger partial charge is 0.493 e. The highest BCUT2D eigenvalue weighted by Crippen LogP contribution is 2.19. The van der Waals surface area contributed by atoms with E-state index in [-0.39, 0.29) is 5.96 Å². The molecule has 0 unspecified atom stereocenters. The van der Waals surface area contributed by atoms with Crippen LogP contribution in [0.5, 0.6) is 11.5 Å². The average molecular weight is 285 g/mol. The molecule has 0 saturated heterocycles. The van der Waals surface area contributed by atoms with Crippen molar-refractivity contribution in [3.8, 4) is 11.5 Å². The third-order valence-electron chi connectivity index (χ3n) is 2.65. The van der Waals surface area contributed by atoms with Gasteiger partial charge in [-0.15, -0.1) is 0 Å². The van der Waals surface area contributed by atoms with Gasteiger partial charge in [0.1, 0.15) is 11.5 Å². The van der Waals surface area contributed by atoms with Gasteiger partial charge in [0.05, 0.1) is 18.9 Å². The summed E-state index contributed by atoms with van der Waals surface area (Å²) in [5.74, 6) is 1.63. The van der Waals surface area contributed by atoms with Crippen LogP contribution in [0.15, 0.2) is 59.6 Å². The van der Waals surface area contributed by atoms with Crippen LogP contribution in [-0.4, -0.2) is 19.2 Å². The molecule has 0 aliphatic heterocycles. The van der Waals surface area contributed by atoms with Crippen LogP contribution in [-0.2, 0) is 0 Å². The number of guanidine groups is 1. The van der Waals surface area contributed by atoms with Gasteiger partial charge in [-0.3, -0.25) is 0 Å². The monoisotopic (exact) mass is 285 g/mol. The minimum atomic E-state index is 0.0309. The lowest BCUT2D eigenvalue weighted by Gasteiger charge is -2.08. The van der Waals surface area contributed by atoms with E-state index < -0.39 is 0 Å². The predicted octanol–water partition coefficient (Wildman–Crippen LogP) is 2.44. The van der Waals surface area contributed by atoms with Crippen LogP contribution in [0, 0.1) is 0 Å². The summed E-state index contributed by atoms with van der Waals surface area (Å²) in [6.45, 7) is 1.18. The van der Waals surface area contributed by atoms with Gasteiger partial charge in [0.2, 0.25) is 0 Å². The number of nitrogens with two attached hydrogens (primary N) is 2. The Morgan fingerprint density at radius 2 is 1.52 bits per heavy atom. The first kappa shape index (κ1) is 14.7. The number of ether oxygens (including phenoxy) is 2. The lowest BCUT2D eigenvalue weighted by atomic mass is 10.3. The molecule has 4 N–H and O–H groups in total. The Morgan fingerprint density at radius 1 is 0.857 bits per heavy atom. The third kappa shape index (κ3) is 5.44. The highest BCUT2D eigenvalue weighted by molar-refractivity contribution is 5.79. The maximum Gasteiger partial charge on any atom is 0.191 e. The zero-order valence-corrected chi connectivity index (χ0v) is 11.7. The van der Waals surface area contributed by atoms with Crippen molar-refractivity contribution in [2.75, 3.05) is 13.2 Å². The Hall–Kier alpha value is -2.69. The van der Waals surface area contributed by atoms with Gasteiger partial charge in [-0.25, -0.2) is 4.99 Å². The van der Waals surface area contributed by atoms with Crippen molar-refractivity contribution in [1.29, 1.82) is 0 Å². The van der Waals surface area contributed by atoms with E-state index in [0.717, 1.165) is 17.9 Å². The van der Waals surface area contributed by atoms with Crippen molar-refractivity contribution in [1.82, 2.24) is 0 Å². The highest BCUT2D eigenvalue weighted by atomic mass is 16.5. The first-order chi connectivity index (χ1) is 10.2. The van der Waals surface area contributed by atoms with E-state index >= 15 is 0 Å². The Kier molecular flexibility index (Phi) is 5.46. The molecule has 0 fully saturated rings. The summed E-state index contributed by atoms with van der Waals surface area (Å²) in [5, 5.41) is 0. The molecule has 0 aliphatic rings. The maximum atomic E-state index is 5.64. The normalized spacial score (nSPS) is 9.90. The van der Waals surface area contributed by atoms with Crippen molar-refractivity contribution in [3.05, 3.63) is 54.6 Å². The molecule has 0 aromatic heterocycles. The van der Waals surface area contributed by atoms with Gasteiger partial charge >= 0.3 is 0 Å². The van der Waals surface area contributed by atoms with Crippen molar-refractivity contribution < 1.29 is 9.47 Å². The summed E-state index contributed by atoms with van der Waals surface area (Å²) in [6, 6.07) is 17.0. The first-order valence-corrected chi connectivity index (χ1v) is 6.74. The van der Waals surface area contributed by atoms with Crippen LogP contribution < -0.4 is 20.9 Å². The summed E-state index contributed by atoms with van der Waals surface area (Å²) in [5.41, 5.74) is 11.4. The molecule has 0 heterocycles. The molecule has 5 heteroatoms. The first-order valence-electron chi connectivity index (χ1n) is 6.74. The number of hydrogen-bond acceptors (Lipinski definition) is 3. The minimum absolute atomic E-state index is 0.0309. The van der Waals surface area contributed by atoms with Crippen molar-refractivity contribution in [2.45, 2.75) is 6.42 Å². The third-order valence-corrected chi connectivity index (χ3v) is 2.65. The lowest BCUT2D eigenvalue weighted by molar-refractivity contribution is 0.247. The van der Waals surface area contributed by atoms with Crippen molar-refractivity contribution in [3.63, 3.8) is 0 Å². The van der Waals surface area contributed by atoms with E-state index in [1.807, 2.05) is 48.5 Å². The number of hydrogen-bond donors (Lipinski definition) is 2. The molecule has 0 saturated carbocycles. The molecule has 21 heavy (non-hydrogen) atoms. The van der Waals surface area contributed by atoms with E-state index in [4.69, 9.17) is 20.9 Å². The van der Waals surface area contributed by atoms with Gasteiger partial charge < -0.3 is 20.9 Å². The fraction of sp³-hybridized carbons (Fsp3) is 0.188. The summed E-state index contributed by atoms with van der Waals surface area (Å²) < 4.78 is 11.2. The standard InChI is InChI=1S/C16H19N3O2/c17-16(18)19-13-6-4-9-15(12-13)21-11-5-10-20-14-7-2-1-3-8-14/h1-4,6-9,12H,5,10-11H2,(H4,17,18,19). The number of para-hydroxylation sites is 1. The van der Waals surface area contributed by atoms with E-state index in [1.54, 1.807) is 6.07 Å². The fourth-order valence-corrected chi connectivity index (χ4v) is 1.75. The van der Waals surface area contributed by atoms with Gasteiger partial charge in [0.25, 0.3) is 0 Å². The van der Waals surface area contributed by atoms with Crippen LogP contribution in [0.2, 0.25) is 0 Å². The molecule has 2 aromatic rings. The Labute approximate surface area is 124 Å². The molecule has 5 nitrogen and oxygen atoms in total. The molecule has 0 aliphatic carbocycles. The zero-order chi connectivity index (χ0) is 14.9. The van der Waals surface area contributed by atoms with Crippen LogP contribution in [0.3, 0.4) is 0 Å². The van der Waals surface area contributed by atoms with Gasteiger partial charge in [0.15, 0.2) is 5.96 Å². The lowest BCUT2D eigenvalue weighted by Crippen LogP contribution is -2.21. The minimum Gasteiger partial charge on any atom is -0.493 e. The molecule has 0 bridgehead atoms. The van der Waals surface area contributed by atoms with Gasteiger partial charge in [-0.2, -0.15) is 0 Å². The topological polar surface area (TPSA) is 82.9 Å². The molecular weight excluding hydrogens is 266 g/mol. The quantitative estimate of drug-likeness (QED) is 0.465. The van der Waals surface area contributed by atoms with Gasteiger partial charge in [-0.05, 0) is 24.3 Å². The molecule has 0 atom stereocenters. The average Bonchev–Trinajstić information content (AvgIpc) is 2.48. The molecule has 2 aromatic carbocycles. The smallest absolute Gasteiger partial charge is 0.191 e. The molecule has 0 radical (unpaired) electrons. The second-order valence-electron chi connectivity index (χ2n) is 4.40. The van der Waals surface area contributed by atoms with Crippen LogP contribution >= 0.6 is 0 Å².